The monoisotopic (exact) mass is 603 g/mol. The molecule has 0 spiro atoms. The van der Waals surface area contributed by atoms with E-state index in [2.05, 4.69) is 26.2 Å². The van der Waals surface area contributed by atoms with E-state index in [-0.39, 0.29) is 35.2 Å². The Bertz CT molecular complexity index is 1250. The largest absolute Gasteiger partial charge is 0.385 e. The molecule has 10 unspecified atom stereocenters. The van der Waals surface area contributed by atoms with E-state index in [0.29, 0.717) is 62.0 Å². The standard InChI is InChI=1S/C37H53N3O4/c1-22(16-24-5-8-30-33(44-40)20-43-35(24)30)4-7-27(41)17-25-19-36(3)31(23(2)13-15-38)10-11-32(36)29-9-6-26-18-28(42)12-14-37(26,21-39)34(25)29/h12,14,18,24-25,28-35,42H,1-2,4-11,13,15-17,19-20,38,40H2,3H3/t24-,25?,28?,29?,30?,31?,32?,33?,34?,35-,36?,37?/m1/s1. The fraction of sp³-hybridized carbons (Fsp3) is 0.730. The smallest absolute Gasteiger partial charge is 0.133 e. The van der Waals surface area contributed by atoms with Crippen LogP contribution in [-0.4, -0.2) is 42.4 Å². The topological polar surface area (TPSA) is 132 Å². The molecule has 240 valence electrons. The van der Waals surface area contributed by atoms with Crippen molar-refractivity contribution in [1.29, 1.82) is 5.26 Å². The van der Waals surface area contributed by atoms with Crippen molar-refractivity contribution < 1.29 is 19.5 Å². The second-order valence-corrected chi connectivity index (χ2v) is 15.3. The summed E-state index contributed by atoms with van der Waals surface area (Å²) in [7, 11) is 0. The van der Waals surface area contributed by atoms with Crippen LogP contribution in [0.15, 0.2) is 48.1 Å². The third-order valence-corrected chi connectivity index (χ3v) is 13.1. The number of aliphatic hydroxyl groups is 1. The molecule has 1 heterocycles. The number of ketones is 1. The highest BCUT2D eigenvalue weighted by atomic mass is 16.6. The van der Waals surface area contributed by atoms with Crippen LogP contribution in [0.1, 0.15) is 84.0 Å². The Morgan fingerprint density at radius 3 is 2.70 bits per heavy atom. The van der Waals surface area contributed by atoms with Gasteiger partial charge in [-0.2, -0.15) is 5.26 Å². The van der Waals surface area contributed by atoms with E-state index < -0.39 is 11.5 Å². The van der Waals surface area contributed by atoms with E-state index in [1.807, 2.05) is 12.2 Å². The van der Waals surface area contributed by atoms with Gasteiger partial charge >= 0.3 is 0 Å². The lowest BCUT2D eigenvalue weighted by molar-refractivity contribution is -0.124. The van der Waals surface area contributed by atoms with Crippen molar-refractivity contribution in [3.8, 4) is 6.07 Å². The molecule has 0 bridgehead atoms. The van der Waals surface area contributed by atoms with Crippen LogP contribution in [-0.2, 0) is 14.4 Å². The molecule has 7 nitrogen and oxygen atoms in total. The summed E-state index contributed by atoms with van der Waals surface area (Å²) in [5.41, 5.74) is 8.72. The Morgan fingerprint density at radius 1 is 1.14 bits per heavy atom. The van der Waals surface area contributed by atoms with Gasteiger partial charge in [0.15, 0.2) is 0 Å². The molecule has 12 atom stereocenters. The molecule has 0 aromatic rings. The van der Waals surface area contributed by atoms with Gasteiger partial charge in [-0.25, -0.2) is 5.90 Å². The number of nitrogens with zero attached hydrogens (tertiary/aromatic N) is 1. The van der Waals surface area contributed by atoms with Crippen molar-refractivity contribution in [2.45, 2.75) is 102 Å². The number of allylic oxidation sites excluding steroid dienone is 3. The van der Waals surface area contributed by atoms with Gasteiger partial charge in [-0.05, 0) is 117 Å². The number of ether oxygens (including phenoxy) is 1. The molecule has 44 heavy (non-hydrogen) atoms. The zero-order valence-corrected chi connectivity index (χ0v) is 26.6. The Morgan fingerprint density at radius 2 is 1.95 bits per heavy atom. The van der Waals surface area contributed by atoms with E-state index in [1.165, 1.54) is 5.57 Å². The average Bonchev–Trinajstić information content (AvgIpc) is 3.69. The van der Waals surface area contributed by atoms with Crippen LogP contribution in [0.25, 0.3) is 0 Å². The second kappa shape index (κ2) is 12.6. The zero-order valence-electron chi connectivity index (χ0n) is 26.6. The number of nitriles is 1. The quantitative estimate of drug-likeness (QED) is 0.204. The van der Waals surface area contributed by atoms with Gasteiger partial charge in [0.25, 0.3) is 0 Å². The minimum absolute atomic E-state index is 0.0123. The molecule has 5 N–H and O–H groups in total. The van der Waals surface area contributed by atoms with Gasteiger partial charge in [0.05, 0.1) is 30.3 Å². The first kappa shape index (κ1) is 31.9. The number of carbonyl (C=O) groups is 1. The van der Waals surface area contributed by atoms with Gasteiger partial charge in [0, 0.05) is 18.8 Å². The molecule has 5 aliphatic carbocycles. The molecule has 1 aliphatic heterocycles. The number of nitrogens with two attached hydrogens (primary N) is 2. The van der Waals surface area contributed by atoms with E-state index in [9.17, 15) is 15.2 Å². The molecule has 1 saturated heterocycles. The summed E-state index contributed by atoms with van der Waals surface area (Å²) in [5, 5.41) is 21.2. The minimum atomic E-state index is -0.740. The highest BCUT2D eigenvalue weighted by Gasteiger charge is 2.63. The summed E-state index contributed by atoms with van der Waals surface area (Å²) in [6, 6.07) is 2.75. The first-order chi connectivity index (χ1) is 21.1. The van der Waals surface area contributed by atoms with Crippen LogP contribution in [0.4, 0.5) is 0 Å². The van der Waals surface area contributed by atoms with E-state index in [4.69, 9.17) is 21.2 Å². The van der Waals surface area contributed by atoms with Crippen LogP contribution in [0, 0.1) is 63.6 Å². The summed E-state index contributed by atoms with van der Waals surface area (Å²) >= 11 is 0. The van der Waals surface area contributed by atoms with Crippen molar-refractivity contribution in [3.63, 3.8) is 0 Å². The van der Waals surface area contributed by atoms with Crippen molar-refractivity contribution >= 4 is 5.78 Å². The van der Waals surface area contributed by atoms with Gasteiger partial charge in [-0.3, -0.25) is 9.63 Å². The predicted octanol–water partition coefficient (Wildman–Crippen LogP) is 5.71. The normalized spacial score (nSPS) is 43.8. The maximum atomic E-state index is 13.8. The number of carbonyl (C=O) groups excluding carboxylic acids is 1. The Hall–Kier alpha value is -2.08. The number of fused-ring (bicyclic) bond motifs is 6. The molecular weight excluding hydrogens is 550 g/mol. The molecule has 0 aromatic carbocycles. The van der Waals surface area contributed by atoms with E-state index in [0.717, 1.165) is 68.9 Å². The Labute approximate surface area is 263 Å². The summed E-state index contributed by atoms with van der Waals surface area (Å²) in [5.74, 6) is 8.00. The van der Waals surface area contributed by atoms with Gasteiger partial charge in [-0.1, -0.05) is 49.5 Å². The van der Waals surface area contributed by atoms with Crippen molar-refractivity contribution in [3.05, 3.63) is 48.1 Å². The van der Waals surface area contributed by atoms with Crippen molar-refractivity contribution in [2.75, 3.05) is 13.2 Å². The van der Waals surface area contributed by atoms with Crippen LogP contribution in [0.2, 0.25) is 0 Å². The molecule has 5 fully saturated rings. The van der Waals surface area contributed by atoms with Crippen molar-refractivity contribution in [2.24, 2.45) is 63.9 Å². The predicted molar refractivity (Wildman–Crippen MR) is 170 cm³/mol. The zero-order chi connectivity index (χ0) is 31.2. The second-order valence-electron chi connectivity index (χ2n) is 15.3. The van der Waals surface area contributed by atoms with Crippen molar-refractivity contribution in [1.82, 2.24) is 0 Å². The summed E-state index contributed by atoms with van der Waals surface area (Å²) in [6.45, 7) is 12.5. The van der Waals surface area contributed by atoms with Crippen LogP contribution >= 0.6 is 0 Å². The summed E-state index contributed by atoms with van der Waals surface area (Å²) in [6.07, 6.45) is 15.8. The maximum absolute atomic E-state index is 13.8. The molecule has 4 saturated carbocycles. The first-order valence-electron chi connectivity index (χ1n) is 17.2. The Kier molecular flexibility index (Phi) is 9.14. The third-order valence-electron chi connectivity index (χ3n) is 13.1. The summed E-state index contributed by atoms with van der Waals surface area (Å²) < 4.78 is 6.05. The molecule has 6 aliphatic rings. The molecule has 7 heteroatoms. The number of hydrogen-bond acceptors (Lipinski definition) is 7. The Balaban J connectivity index is 1.18. The van der Waals surface area contributed by atoms with Gasteiger partial charge in [0.1, 0.15) is 11.9 Å². The van der Waals surface area contributed by atoms with Crippen LogP contribution < -0.4 is 11.6 Å². The van der Waals surface area contributed by atoms with Gasteiger partial charge < -0.3 is 15.6 Å². The average molecular weight is 604 g/mol. The SMILES string of the molecule is C=C(CCC(=O)CC1CC2(C)C(C(=C)CCN)CCC2C2CCC3=CC(O)C=CC3(C#N)C12)C[C@H]1CCC2C(ON)CO[C@@H]21. The molecule has 0 radical (unpaired) electrons. The molecular formula is C37H53N3O4. The molecule has 0 aromatic heterocycles. The maximum Gasteiger partial charge on any atom is 0.133 e. The molecule has 0 amide bonds. The number of Topliss-reactive ketones (excluding diaryl/α,β-unsaturated/α-hetero) is 1. The van der Waals surface area contributed by atoms with Crippen LogP contribution in [0.3, 0.4) is 0 Å². The lowest BCUT2D eigenvalue weighted by Gasteiger charge is -2.59. The van der Waals surface area contributed by atoms with Gasteiger partial charge in [-0.15, -0.1) is 0 Å². The lowest BCUT2D eigenvalue weighted by Crippen LogP contribution is -2.54. The number of rotatable bonds is 11. The number of hydrogen-bond donors (Lipinski definition) is 3. The molecule has 6 rings (SSSR count). The fourth-order valence-corrected chi connectivity index (χ4v) is 11.4. The minimum Gasteiger partial charge on any atom is -0.385 e. The third kappa shape index (κ3) is 5.39. The van der Waals surface area contributed by atoms with Crippen LogP contribution in [0.5, 0.6) is 0 Å². The number of aliphatic hydroxyl groups excluding tert-OH is 1. The lowest BCUT2D eigenvalue weighted by atomic mass is 9.44. The fourth-order valence-electron chi connectivity index (χ4n) is 11.4. The highest BCUT2D eigenvalue weighted by molar-refractivity contribution is 5.79. The van der Waals surface area contributed by atoms with E-state index in [1.54, 1.807) is 6.08 Å². The first-order valence-corrected chi connectivity index (χ1v) is 17.2. The highest BCUT2D eigenvalue weighted by Crippen LogP contribution is 2.69. The summed E-state index contributed by atoms with van der Waals surface area (Å²) in [4.78, 5) is 19.0. The van der Waals surface area contributed by atoms with Gasteiger partial charge in [0.2, 0.25) is 0 Å². The van der Waals surface area contributed by atoms with E-state index >= 15 is 0 Å².